The van der Waals surface area contributed by atoms with Crippen LogP contribution < -0.4 is 0 Å². The van der Waals surface area contributed by atoms with Crippen molar-refractivity contribution in [2.24, 2.45) is 0 Å². The van der Waals surface area contributed by atoms with Gasteiger partial charge in [0.05, 0.1) is 29.4 Å². The van der Waals surface area contributed by atoms with Gasteiger partial charge in [0.25, 0.3) is 0 Å². The van der Waals surface area contributed by atoms with Gasteiger partial charge in [0.15, 0.2) is 11.3 Å². The number of carbonyl (C=O) groups is 1. The number of pyridine rings is 2. The number of ether oxygens (including phenoxy) is 1. The molecule has 0 amide bonds. The maximum atomic E-state index is 11.8. The fourth-order valence-electron chi connectivity index (χ4n) is 2.46. The molecular formula is C16H14Cl2N4O2. The van der Waals surface area contributed by atoms with Crippen molar-refractivity contribution in [1.82, 2.24) is 19.5 Å². The maximum absolute atomic E-state index is 11.8. The number of halogens is 2. The molecule has 0 aromatic carbocycles. The van der Waals surface area contributed by atoms with Crippen LogP contribution in [0.5, 0.6) is 0 Å². The summed E-state index contributed by atoms with van der Waals surface area (Å²) in [5.41, 5.74) is 3.04. The third-order valence-corrected chi connectivity index (χ3v) is 4.21. The van der Waals surface area contributed by atoms with Crippen LogP contribution in [0.1, 0.15) is 27.6 Å². The Morgan fingerprint density at radius 1 is 1.25 bits per heavy atom. The molecule has 8 heteroatoms. The second-order valence-corrected chi connectivity index (χ2v) is 6.16. The third kappa shape index (κ3) is 2.95. The zero-order valence-corrected chi connectivity index (χ0v) is 14.8. The summed E-state index contributed by atoms with van der Waals surface area (Å²) in [5.74, 6) is 0.253. The molecule has 0 aliphatic heterocycles. The number of methoxy groups -OCH3 is 1. The lowest BCUT2D eigenvalue weighted by atomic mass is 10.2. The summed E-state index contributed by atoms with van der Waals surface area (Å²) in [5, 5.41) is 0.933. The topological polar surface area (TPSA) is 69.9 Å². The molecule has 0 atom stereocenters. The maximum Gasteiger partial charge on any atom is 0.356 e. The van der Waals surface area contributed by atoms with Gasteiger partial charge in [0.1, 0.15) is 11.3 Å². The van der Waals surface area contributed by atoms with E-state index in [-0.39, 0.29) is 5.69 Å². The second kappa shape index (κ2) is 6.37. The third-order valence-electron chi connectivity index (χ3n) is 3.67. The van der Waals surface area contributed by atoms with E-state index in [9.17, 15) is 4.79 Å². The molecule has 6 nitrogen and oxygen atoms in total. The molecule has 0 fully saturated rings. The smallest absolute Gasteiger partial charge is 0.356 e. The lowest BCUT2D eigenvalue weighted by Gasteiger charge is -2.08. The lowest BCUT2D eigenvalue weighted by molar-refractivity contribution is 0.0594. The first-order valence-electron chi connectivity index (χ1n) is 7.13. The van der Waals surface area contributed by atoms with Crippen LogP contribution in [-0.4, -0.2) is 32.6 Å². The van der Waals surface area contributed by atoms with E-state index in [2.05, 4.69) is 15.0 Å². The average Bonchev–Trinajstić information content (AvgIpc) is 2.86. The molecule has 3 aromatic heterocycles. The van der Waals surface area contributed by atoms with Crippen molar-refractivity contribution in [3.05, 3.63) is 51.2 Å². The molecule has 0 radical (unpaired) electrons. The van der Waals surface area contributed by atoms with Crippen molar-refractivity contribution in [3.8, 4) is 0 Å². The molecule has 0 aliphatic carbocycles. The van der Waals surface area contributed by atoms with Crippen LogP contribution in [-0.2, 0) is 11.3 Å². The van der Waals surface area contributed by atoms with Crippen LogP contribution >= 0.6 is 23.2 Å². The summed E-state index contributed by atoms with van der Waals surface area (Å²) in [6.45, 7) is 4.11. The Morgan fingerprint density at radius 3 is 2.67 bits per heavy atom. The molecule has 0 N–H and O–H groups in total. The van der Waals surface area contributed by atoms with Crippen LogP contribution in [0.15, 0.2) is 18.3 Å². The second-order valence-electron chi connectivity index (χ2n) is 5.32. The van der Waals surface area contributed by atoms with Gasteiger partial charge >= 0.3 is 5.97 Å². The predicted molar refractivity (Wildman–Crippen MR) is 91.7 cm³/mol. The van der Waals surface area contributed by atoms with Gasteiger partial charge in [-0.05, 0) is 31.5 Å². The highest BCUT2D eigenvalue weighted by Crippen LogP contribution is 2.23. The lowest BCUT2D eigenvalue weighted by Crippen LogP contribution is -2.09. The molecule has 0 spiro atoms. The van der Waals surface area contributed by atoms with Crippen molar-refractivity contribution < 1.29 is 9.53 Å². The minimum atomic E-state index is -0.493. The standard InChI is InChI=1S/C16H14Cl2N4O2/c1-8-4-12(16(23)24-3)21-15-14(8)20-9(2)22(15)7-13-11(18)5-10(17)6-19-13/h4-6H,7H2,1-3H3. The van der Waals surface area contributed by atoms with E-state index in [1.54, 1.807) is 12.1 Å². The number of esters is 1. The monoisotopic (exact) mass is 364 g/mol. The summed E-state index contributed by atoms with van der Waals surface area (Å²) < 4.78 is 6.62. The Morgan fingerprint density at radius 2 is 2.00 bits per heavy atom. The summed E-state index contributed by atoms with van der Waals surface area (Å²) in [6, 6.07) is 3.30. The van der Waals surface area contributed by atoms with Crippen LogP contribution in [0.25, 0.3) is 11.2 Å². The van der Waals surface area contributed by atoms with Crippen molar-refractivity contribution in [1.29, 1.82) is 0 Å². The van der Waals surface area contributed by atoms with Gasteiger partial charge in [-0.25, -0.2) is 14.8 Å². The molecule has 3 heterocycles. The van der Waals surface area contributed by atoms with Crippen LogP contribution in [0.4, 0.5) is 0 Å². The summed E-state index contributed by atoms with van der Waals surface area (Å²) in [4.78, 5) is 25.0. The van der Waals surface area contributed by atoms with Crippen molar-refractivity contribution >= 4 is 40.3 Å². The van der Waals surface area contributed by atoms with Gasteiger partial charge in [-0.3, -0.25) is 4.98 Å². The van der Waals surface area contributed by atoms with Gasteiger partial charge in [0, 0.05) is 6.20 Å². The van der Waals surface area contributed by atoms with E-state index in [0.717, 1.165) is 16.9 Å². The number of imidazole rings is 1. The molecule has 24 heavy (non-hydrogen) atoms. The van der Waals surface area contributed by atoms with E-state index in [0.29, 0.717) is 27.9 Å². The van der Waals surface area contributed by atoms with E-state index >= 15 is 0 Å². The molecule has 3 aromatic rings. The van der Waals surface area contributed by atoms with Crippen LogP contribution in [0.2, 0.25) is 10.0 Å². The zero-order valence-electron chi connectivity index (χ0n) is 13.3. The summed E-state index contributed by atoms with van der Waals surface area (Å²) >= 11 is 12.1. The van der Waals surface area contributed by atoms with Crippen molar-refractivity contribution in [3.63, 3.8) is 0 Å². The number of aromatic nitrogens is 4. The molecule has 0 aliphatic rings. The molecule has 3 rings (SSSR count). The van der Waals surface area contributed by atoms with Crippen LogP contribution in [0.3, 0.4) is 0 Å². The number of aryl methyl sites for hydroxylation is 2. The zero-order chi connectivity index (χ0) is 17.4. The number of hydrogen-bond donors (Lipinski definition) is 0. The summed E-state index contributed by atoms with van der Waals surface area (Å²) in [7, 11) is 1.32. The predicted octanol–water partition coefficient (Wildman–Crippen LogP) is 3.58. The highest BCUT2D eigenvalue weighted by atomic mass is 35.5. The number of rotatable bonds is 3. The Kier molecular flexibility index (Phi) is 4.43. The molecule has 0 bridgehead atoms. The molecule has 0 saturated carbocycles. The highest BCUT2D eigenvalue weighted by Gasteiger charge is 2.17. The van der Waals surface area contributed by atoms with Gasteiger partial charge in [-0.2, -0.15) is 0 Å². The summed E-state index contributed by atoms with van der Waals surface area (Å²) in [6.07, 6.45) is 1.54. The molecule has 0 unspecified atom stereocenters. The minimum absolute atomic E-state index is 0.235. The first kappa shape index (κ1) is 16.7. The first-order chi connectivity index (χ1) is 11.4. The largest absolute Gasteiger partial charge is 0.464 e. The normalized spacial score (nSPS) is 11.0. The Bertz CT molecular complexity index is 953. The quantitative estimate of drug-likeness (QED) is 0.664. The molecule has 124 valence electrons. The Labute approximate surface area is 148 Å². The van der Waals surface area contributed by atoms with Gasteiger partial charge < -0.3 is 9.30 Å². The van der Waals surface area contributed by atoms with E-state index < -0.39 is 5.97 Å². The number of nitrogens with zero attached hydrogens (tertiary/aromatic N) is 4. The minimum Gasteiger partial charge on any atom is -0.464 e. The fourth-order valence-corrected chi connectivity index (χ4v) is 2.90. The number of fused-ring (bicyclic) bond motifs is 1. The van der Waals surface area contributed by atoms with E-state index in [4.69, 9.17) is 27.9 Å². The van der Waals surface area contributed by atoms with Gasteiger partial charge in [0.2, 0.25) is 0 Å². The van der Waals surface area contributed by atoms with E-state index in [1.165, 1.54) is 13.3 Å². The number of hydrogen-bond acceptors (Lipinski definition) is 5. The highest BCUT2D eigenvalue weighted by molar-refractivity contribution is 6.34. The van der Waals surface area contributed by atoms with Gasteiger partial charge in [-0.15, -0.1) is 0 Å². The number of carbonyl (C=O) groups excluding carboxylic acids is 1. The SMILES string of the molecule is COC(=O)c1cc(C)c2nc(C)n(Cc3ncc(Cl)cc3Cl)c2n1. The van der Waals surface area contributed by atoms with Crippen LogP contribution in [0, 0.1) is 13.8 Å². The van der Waals surface area contributed by atoms with Crippen molar-refractivity contribution in [2.45, 2.75) is 20.4 Å². The van der Waals surface area contributed by atoms with E-state index in [1.807, 2.05) is 18.4 Å². The Balaban J connectivity index is 2.14. The van der Waals surface area contributed by atoms with Crippen molar-refractivity contribution in [2.75, 3.05) is 7.11 Å². The first-order valence-corrected chi connectivity index (χ1v) is 7.89. The van der Waals surface area contributed by atoms with Gasteiger partial charge in [-0.1, -0.05) is 23.2 Å². The average molecular weight is 365 g/mol. The fraction of sp³-hybridized carbons (Fsp3) is 0.250. The molecular weight excluding hydrogens is 351 g/mol. The Hall–Kier alpha value is -2.18. The molecule has 0 saturated heterocycles.